The molecule has 3 aromatic carbocycles. The molecule has 1 aliphatic rings. The van der Waals surface area contributed by atoms with Gasteiger partial charge in [0.1, 0.15) is 17.6 Å². The van der Waals surface area contributed by atoms with Gasteiger partial charge in [-0.1, -0.05) is 83.5 Å². The molecule has 0 saturated heterocycles. The SMILES string of the molecule is Cc1ccc(C2Oc3c(C(C)(C)C)ccc4c(O)c(C(C)(C)C)cc2c34)cc1. The Hall–Kier alpha value is -2.48. The van der Waals surface area contributed by atoms with Crippen LogP contribution in [0.5, 0.6) is 11.5 Å². The predicted molar refractivity (Wildman–Crippen MR) is 117 cm³/mol. The van der Waals surface area contributed by atoms with Crippen LogP contribution in [0.25, 0.3) is 10.8 Å². The molecule has 4 rings (SSSR count). The first-order valence-corrected chi connectivity index (χ1v) is 10.1. The van der Waals surface area contributed by atoms with E-state index in [1.165, 1.54) is 11.1 Å². The van der Waals surface area contributed by atoms with E-state index in [-0.39, 0.29) is 16.9 Å². The topological polar surface area (TPSA) is 29.5 Å². The second kappa shape index (κ2) is 6.01. The summed E-state index contributed by atoms with van der Waals surface area (Å²) in [6.45, 7) is 15.1. The van der Waals surface area contributed by atoms with Crippen LogP contribution >= 0.6 is 0 Å². The van der Waals surface area contributed by atoms with Gasteiger partial charge >= 0.3 is 0 Å². The van der Waals surface area contributed by atoms with Crippen molar-refractivity contribution < 1.29 is 9.84 Å². The van der Waals surface area contributed by atoms with Gasteiger partial charge in [0.2, 0.25) is 0 Å². The molecule has 2 nitrogen and oxygen atoms in total. The first-order valence-electron chi connectivity index (χ1n) is 10.1. The number of aromatic hydroxyl groups is 1. The molecular formula is C26H30O2. The summed E-state index contributed by atoms with van der Waals surface area (Å²) < 4.78 is 6.62. The lowest BCUT2D eigenvalue weighted by Gasteiger charge is -2.24. The summed E-state index contributed by atoms with van der Waals surface area (Å²) in [5, 5.41) is 13.0. The van der Waals surface area contributed by atoms with Gasteiger partial charge < -0.3 is 9.84 Å². The third kappa shape index (κ3) is 2.87. The molecule has 1 aliphatic heterocycles. The monoisotopic (exact) mass is 374 g/mol. The number of hydrogen-bond acceptors (Lipinski definition) is 2. The zero-order valence-electron chi connectivity index (χ0n) is 18.0. The maximum Gasteiger partial charge on any atom is 0.150 e. The average Bonchev–Trinajstić information content (AvgIpc) is 2.96. The Morgan fingerprint density at radius 1 is 0.821 bits per heavy atom. The Balaban J connectivity index is 2.05. The molecule has 1 N–H and O–H groups in total. The Morgan fingerprint density at radius 2 is 1.43 bits per heavy atom. The summed E-state index contributed by atoms with van der Waals surface area (Å²) in [7, 11) is 0. The van der Waals surface area contributed by atoms with Crippen molar-refractivity contribution in [2.24, 2.45) is 0 Å². The van der Waals surface area contributed by atoms with Crippen LogP contribution in [0, 0.1) is 6.92 Å². The molecule has 1 atom stereocenters. The molecule has 0 amide bonds. The van der Waals surface area contributed by atoms with Crippen LogP contribution in [0.4, 0.5) is 0 Å². The molecule has 3 aromatic rings. The highest BCUT2D eigenvalue weighted by Crippen LogP contribution is 2.52. The van der Waals surface area contributed by atoms with Gasteiger partial charge in [-0.15, -0.1) is 0 Å². The van der Waals surface area contributed by atoms with Crippen LogP contribution in [-0.2, 0) is 10.8 Å². The molecule has 28 heavy (non-hydrogen) atoms. The fourth-order valence-electron chi connectivity index (χ4n) is 4.17. The summed E-state index contributed by atoms with van der Waals surface area (Å²) in [5.74, 6) is 1.29. The van der Waals surface area contributed by atoms with E-state index in [2.05, 4.69) is 90.9 Å². The lowest BCUT2D eigenvalue weighted by molar-refractivity contribution is 0.260. The second-order valence-corrected chi connectivity index (χ2v) is 10.1. The first-order chi connectivity index (χ1) is 13.0. The summed E-state index contributed by atoms with van der Waals surface area (Å²) in [6.07, 6.45) is -0.150. The average molecular weight is 375 g/mol. The smallest absolute Gasteiger partial charge is 0.150 e. The van der Waals surface area contributed by atoms with E-state index in [1.807, 2.05) is 0 Å². The number of phenolic OH excluding ortho intramolecular Hbond substituents is 1. The summed E-state index contributed by atoms with van der Waals surface area (Å²) >= 11 is 0. The van der Waals surface area contributed by atoms with E-state index in [1.54, 1.807) is 0 Å². The molecule has 0 aliphatic carbocycles. The maximum atomic E-state index is 11.1. The lowest BCUT2D eigenvalue weighted by atomic mass is 9.80. The van der Waals surface area contributed by atoms with E-state index in [0.717, 1.165) is 33.2 Å². The Morgan fingerprint density at radius 3 is 2.00 bits per heavy atom. The van der Waals surface area contributed by atoms with Crippen LogP contribution in [-0.4, -0.2) is 5.11 Å². The summed E-state index contributed by atoms with van der Waals surface area (Å²) in [4.78, 5) is 0. The fraction of sp³-hybridized carbons (Fsp3) is 0.385. The Kier molecular flexibility index (Phi) is 4.05. The van der Waals surface area contributed by atoms with Gasteiger partial charge in [-0.25, -0.2) is 0 Å². The first kappa shape index (κ1) is 18.9. The molecule has 0 saturated carbocycles. The molecule has 146 valence electrons. The van der Waals surface area contributed by atoms with Gasteiger partial charge in [0.15, 0.2) is 0 Å². The van der Waals surface area contributed by atoms with Crippen LogP contribution < -0.4 is 4.74 Å². The number of hydrogen-bond donors (Lipinski definition) is 1. The van der Waals surface area contributed by atoms with E-state index in [0.29, 0.717) is 5.75 Å². The van der Waals surface area contributed by atoms with Crippen LogP contribution in [0.15, 0.2) is 42.5 Å². The highest BCUT2D eigenvalue weighted by Gasteiger charge is 2.35. The van der Waals surface area contributed by atoms with Gasteiger partial charge in [-0.3, -0.25) is 0 Å². The second-order valence-electron chi connectivity index (χ2n) is 10.1. The summed E-state index contributed by atoms with van der Waals surface area (Å²) in [6, 6.07) is 14.9. The Bertz CT molecular complexity index is 1060. The number of aryl methyl sites for hydroxylation is 1. The van der Waals surface area contributed by atoms with E-state index >= 15 is 0 Å². The van der Waals surface area contributed by atoms with Gasteiger partial charge in [0, 0.05) is 27.5 Å². The third-order valence-electron chi connectivity index (χ3n) is 5.77. The number of ether oxygens (including phenoxy) is 1. The molecule has 2 heteroatoms. The minimum Gasteiger partial charge on any atom is -0.507 e. The van der Waals surface area contributed by atoms with Crippen molar-refractivity contribution in [1.29, 1.82) is 0 Å². The number of rotatable bonds is 1. The molecular weight excluding hydrogens is 344 g/mol. The molecule has 0 radical (unpaired) electrons. The van der Waals surface area contributed by atoms with Crippen molar-refractivity contribution in [2.75, 3.05) is 0 Å². The largest absolute Gasteiger partial charge is 0.507 e. The molecule has 0 fully saturated rings. The van der Waals surface area contributed by atoms with E-state index < -0.39 is 0 Å². The van der Waals surface area contributed by atoms with Crippen molar-refractivity contribution in [3.63, 3.8) is 0 Å². The molecule has 1 unspecified atom stereocenters. The van der Waals surface area contributed by atoms with Crippen molar-refractivity contribution in [2.45, 2.75) is 65.4 Å². The van der Waals surface area contributed by atoms with E-state index in [9.17, 15) is 5.11 Å². The van der Waals surface area contributed by atoms with Crippen molar-refractivity contribution >= 4 is 10.8 Å². The molecule has 0 bridgehead atoms. The van der Waals surface area contributed by atoms with Crippen molar-refractivity contribution in [1.82, 2.24) is 0 Å². The van der Waals surface area contributed by atoms with Crippen molar-refractivity contribution in [3.8, 4) is 11.5 Å². The van der Waals surface area contributed by atoms with Crippen LogP contribution in [0.3, 0.4) is 0 Å². The minimum atomic E-state index is -0.155. The van der Waals surface area contributed by atoms with Crippen LogP contribution in [0.2, 0.25) is 0 Å². The highest BCUT2D eigenvalue weighted by molar-refractivity contribution is 6.00. The van der Waals surface area contributed by atoms with Gasteiger partial charge in [-0.05, 0) is 29.4 Å². The quantitative estimate of drug-likeness (QED) is 0.500. The predicted octanol–water partition coefficient (Wildman–Crippen LogP) is 6.93. The van der Waals surface area contributed by atoms with Crippen LogP contribution in [0.1, 0.15) is 75.5 Å². The van der Waals surface area contributed by atoms with E-state index in [4.69, 9.17) is 4.74 Å². The van der Waals surface area contributed by atoms with Crippen molar-refractivity contribution in [3.05, 3.63) is 70.3 Å². The lowest BCUT2D eigenvalue weighted by Crippen LogP contribution is -2.13. The Labute approximate surface area is 168 Å². The minimum absolute atomic E-state index is 0.0404. The summed E-state index contributed by atoms with van der Waals surface area (Å²) in [5.41, 5.74) is 5.49. The third-order valence-corrected chi connectivity index (χ3v) is 5.77. The number of benzene rings is 3. The van der Waals surface area contributed by atoms with Gasteiger partial charge in [0.05, 0.1) is 0 Å². The van der Waals surface area contributed by atoms with Gasteiger partial charge in [-0.2, -0.15) is 0 Å². The zero-order valence-corrected chi connectivity index (χ0v) is 18.0. The zero-order chi connectivity index (χ0) is 20.4. The normalized spacial score (nSPS) is 16.5. The fourth-order valence-corrected chi connectivity index (χ4v) is 4.17. The van der Waals surface area contributed by atoms with Gasteiger partial charge in [0.25, 0.3) is 0 Å². The molecule has 0 spiro atoms. The maximum absolute atomic E-state index is 11.1. The standard InChI is InChI=1S/C26H30O2/c1-15-8-10-16(11-9-15)23-18-14-20(26(5,6)7)22(27)17-12-13-19(25(2,3)4)24(28-23)21(17)18/h8-14,23,27H,1-7H3. The highest BCUT2D eigenvalue weighted by atomic mass is 16.5. The molecule has 0 aromatic heterocycles. The molecule has 1 heterocycles. The number of phenols is 1.